The van der Waals surface area contributed by atoms with Crippen LogP contribution in [0.3, 0.4) is 0 Å². The minimum atomic E-state index is -0.276. The van der Waals surface area contributed by atoms with Gasteiger partial charge in [0.2, 0.25) is 0 Å². The molecule has 0 aliphatic carbocycles. The first-order valence-electron chi connectivity index (χ1n) is 6.79. The van der Waals surface area contributed by atoms with Gasteiger partial charge in [-0.2, -0.15) is 4.37 Å². The Morgan fingerprint density at radius 2 is 1.91 bits per heavy atom. The fourth-order valence-corrected chi connectivity index (χ4v) is 2.64. The van der Waals surface area contributed by atoms with Gasteiger partial charge in [-0.15, -0.1) is 0 Å². The van der Waals surface area contributed by atoms with Crippen LogP contribution in [0.1, 0.15) is 36.8 Å². The van der Waals surface area contributed by atoms with Crippen LogP contribution < -0.4 is 5.32 Å². The van der Waals surface area contributed by atoms with Crippen molar-refractivity contribution in [1.29, 1.82) is 0 Å². The first-order chi connectivity index (χ1) is 10.4. The highest BCUT2D eigenvalue weighted by molar-refractivity contribution is 7.12. The molecular formula is C15H15N5OS. The molecule has 6 nitrogen and oxygen atoms in total. The highest BCUT2D eigenvalue weighted by Crippen LogP contribution is 2.25. The SMILES string of the molecule is CC(C)(C)c1ccnc(C(=O)Nc2snc3nccnc23)c1. The number of carbonyl (C=O) groups is 1. The van der Waals surface area contributed by atoms with Gasteiger partial charge in [0, 0.05) is 18.6 Å². The molecule has 3 aromatic heterocycles. The molecule has 3 heterocycles. The van der Waals surface area contributed by atoms with E-state index in [1.807, 2.05) is 12.1 Å². The van der Waals surface area contributed by atoms with Gasteiger partial charge in [0.05, 0.1) is 0 Å². The van der Waals surface area contributed by atoms with E-state index in [9.17, 15) is 4.79 Å². The van der Waals surface area contributed by atoms with Crippen LogP contribution in [-0.2, 0) is 5.41 Å². The molecule has 0 atom stereocenters. The Labute approximate surface area is 131 Å². The number of amides is 1. The summed E-state index contributed by atoms with van der Waals surface area (Å²) in [5.41, 5.74) is 2.51. The van der Waals surface area contributed by atoms with Crippen LogP contribution in [0.25, 0.3) is 11.2 Å². The quantitative estimate of drug-likeness (QED) is 0.786. The van der Waals surface area contributed by atoms with Gasteiger partial charge in [-0.05, 0) is 34.6 Å². The number of nitrogens with zero attached hydrogens (tertiary/aromatic N) is 4. The molecule has 3 aromatic rings. The van der Waals surface area contributed by atoms with Crippen molar-refractivity contribution in [3.8, 4) is 0 Å². The minimum Gasteiger partial charge on any atom is -0.309 e. The normalized spacial score (nSPS) is 11.6. The third kappa shape index (κ3) is 2.80. The molecule has 0 aromatic carbocycles. The van der Waals surface area contributed by atoms with Crippen molar-refractivity contribution in [2.45, 2.75) is 26.2 Å². The molecule has 0 radical (unpaired) electrons. The van der Waals surface area contributed by atoms with E-state index >= 15 is 0 Å². The van der Waals surface area contributed by atoms with Crippen LogP contribution in [-0.4, -0.2) is 25.2 Å². The average Bonchev–Trinajstić information content (AvgIpc) is 2.90. The number of hydrogen-bond donors (Lipinski definition) is 1. The lowest BCUT2D eigenvalue weighted by atomic mass is 9.87. The van der Waals surface area contributed by atoms with E-state index in [2.05, 4.69) is 45.4 Å². The van der Waals surface area contributed by atoms with Crippen molar-refractivity contribution >= 4 is 33.6 Å². The van der Waals surface area contributed by atoms with Gasteiger partial charge in [0.25, 0.3) is 5.91 Å². The molecule has 0 saturated heterocycles. The molecule has 0 unspecified atom stereocenters. The monoisotopic (exact) mass is 313 g/mol. The molecule has 0 spiro atoms. The maximum atomic E-state index is 12.4. The third-order valence-corrected chi connectivity index (χ3v) is 3.95. The first-order valence-corrected chi connectivity index (χ1v) is 7.57. The summed E-state index contributed by atoms with van der Waals surface area (Å²) in [6.45, 7) is 6.28. The highest BCUT2D eigenvalue weighted by Gasteiger charge is 2.18. The van der Waals surface area contributed by atoms with Crippen LogP contribution >= 0.6 is 11.5 Å². The van der Waals surface area contributed by atoms with Gasteiger partial charge < -0.3 is 5.32 Å². The maximum Gasteiger partial charge on any atom is 0.274 e. The van der Waals surface area contributed by atoms with Crippen molar-refractivity contribution < 1.29 is 4.79 Å². The molecule has 22 heavy (non-hydrogen) atoms. The summed E-state index contributed by atoms with van der Waals surface area (Å²) in [5, 5.41) is 3.39. The summed E-state index contributed by atoms with van der Waals surface area (Å²) < 4.78 is 4.16. The number of aromatic nitrogens is 4. The van der Waals surface area contributed by atoms with Crippen LogP contribution in [0, 0.1) is 0 Å². The largest absolute Gasteiger partial charge is 0.309 e. The molecule has 3 rings (SSSR count). The summed E-state index contributed by atoms with van der Waals surface area (Å²) in [5.74, 6) is -0.276. The van der Waals surface area contributed by atoms with E-state index in [0.29, 0.717) is 21.9 Å². The maximum absolute atomic E-state index is 12.4. The zero-order valence-corrected chi connectivity index (χ0v) is 13.3. The number of nitrogens with one attached hydrogen (secondary N) is 1. The van der Waals surface area contributed by atoms with E-state index in [1.54, 1.807) is 18.6 Å². The van der Waals surface area contributed by atoms with Gasteiger partial charge in [-0.3, -0.25) is 9.78 Å². The molecule has 0 bridgehead atoms. The van der Waals surface area contributed by atoms with Gasteiger partial charge >= 0.3 is 0 Å². The molecule has 7 heteroatoms. The number of pyridine rings is 1. The predicted molar refractivity (Wildman–Crippen MR) is 86.1 cm³/mol. The molecule has 0 saturated carbocycles. The van der Waals surface area contributed by atoms with Crippen molar-refractivity contribution in [3.05, 3.63) is 42.0 Å². The van der Waals surface area contributed by atoms with Crippen molar-refractivity contribution in [1.82, 2.24) is 19.3 Å². The molecule has 1 amide bonds. The molecule has 0 aliphatic rings. The molecule has 0 aliphatic heterocycles. The second-order valence-electron chi connectivity index (χ2n) is 5.87. The van der Waals surface area contributed by atoms with Gasteiger partial charge in [-0.1, -0.05) is 20.8 Å². The lowest BCUT2D eigenvalue weighted by Crippen LogP contribution is -2.17. The zero-order chi connectivity index (χ0) is 15.7. The summed E-state index contributed by atoms with van der Waals surface area (Å²) in [7, 11) is 0. The van der Waals surface area contributed by atoms with Crippen LogP contribution in [0.5, 0.6) is 0 Å². The lowest BCUT2D eigenvalue weighted by Gasteiger charge is -2.19. The number of rotatable bonds is 2. The Bertz CT molecular complexity index is 837. The summed E-state index contributed by atoms with van der Waals surface area (Å²) in [6, 6.07) is 3.73. The van der Waals surface area contributed by atoms with E-state index < -0.39 is 0 Å². The minimum absolute atomic E-state index is 0.0410. The van der Waals surface area contributed by atoms with Gasteiger partial charge in [-0.25, -0.2) is 9.97 Å². The number of hydrogen-bond acceptors (Lipinski definition) is 6. The van der Waals surface area contributed by atoms with Crippen LogP contribution in [0.15, 0.2) is 30.7 Å². The Morgan fingerprint density at radius 1 is 1.14 bits per heavy atom. The van der Waals surface area contributed by atoms with Gasteiger partial charge in [0.1, 0.15) is 16.2 Å². The van der Waals surface area contributed by atoms with E-state index in [0.717, 1.165) is 17.1 Å². The second-order valence-corrected chi connectivity index (χ2v) is 6.65. The predicted octanol–water partition coefficient (Wildman–Crippen LogP) is 3.03. The van der Waals surface area contributed by atoms with E-state index in [-0.39, 0.29) is 11.3 Å². The number of anilines is 1. The Hall–Kier alpha value is -2.41. The number of carbonyl (C=O) groups excluding carboxylic acids is 1. The fraction of sp³-hybridized carbons (Fsp3) is 0.267. The average molecular weight is 313 g/mol. The molecule has 0 fully saturated rings. The summed E-state index contributed by atoms with van der Waals surface area (Å²) in [6.07, 6.45) is 4.80. The third-order valence-electron chi connectivity index (χ3n) is 3.20. The lowest BCUT2D eigenvalue weighted by molar-refractivity contribution is 0.102. The van der Waals surface area contributed by atoms with E-state index in [1.165, 1.54) is 0 Å². The summed E-state index contributed by atoms with van der Waals surface area (Å²) >= 11 is 1.16. The Kier molecular flexibility index (Phi) is 3.58. The van der Waals surface area contributed by atoms with Crippen molar-refractivity contribution in [2.75, 3.05) is 5.32 Å². The molecule has 1 N–H and O–H groups in total. The summed E-state index contributed by atoms with van der Waals surface area (Å²) in [4.78, 5) is 24.8. The zero-order valence-electron chi connectivity index (χ0n) is 12.5. The van der Waals surface area contributed by atoms with Crippen LogP contribution in [0.4, 0.5) is 5.00 Å². The standard InChI is InChI=1S/C15H15N5OS/c1-15(2,3)9-4-5-16-10(8-9)13(21)19-14-11-12(20-22-14)18-7-6-17-11/h4-8H,1-3H3,(H,19,21). The van der Waals surface area contributed by atoms with Gasteiger partial charge in [0.15, 0.2) is 5.65 Å². The first kappa shape index (κ1) is 14.5. The van der Waals surface area contributed by atoms with Crippen LogP contribution in [0.2, 0.25) is 0 Å². The van der Waals surface area contributed by atoms with Crippen molar-refractivity contribution in [2.24, 2.45) is 0 Å². The smallest absolute Gasteiger partial charge is 0.274 e. The van der Waals surface area contributed by atoms with E-state index in [4.69, 9.17) is 0 Å². The fourth-order valence-electron chi connectivity index (χ4n) is 1.96. The topological polar surface area (TPSA) is 80.7 Å². The molecule has 112 valence electrons. The van der Waals surface area contributed by atoms with Crippen molar-refractivity contribution in [3.63, 3.8) is 0 Å². The Balaban J connectivity index is 1.89. The molecular weight excluding hydrogens is 298 g/mol. The Morgan fingerprint density at radius 3 is 2.68 bits per heavy atom. The highest BCUT2D eigenvalue weighted by atomic mass is 32.1. The number of fused-ring (bicyclic) bond motifs is 1. The second kappa shape index (κ2) is 5.42.